The summed E-state index contributed by atoms with van der Waals surface area (Å²) in [6, 6.07) is 0. The second kappa shape index (κ2) is 2.99. The van der Waals surface area contributed by atoms with Gasteiger partial charge in [-0.3, -0.25) is 0 Å². The van der Waals surface area contributed by atoms with Crippen LogP contribution >= 0.6 is 11.6 Å². The van der Waals surface area contributed by atoms with E-state index in [1.54, 1.807) is 0 Å². The molecule has 0 radical (unpaired) electrons. The molecule has 0 bridgehead atoms. The van der Waals surface area contributed by atoms with E-state index in [0.717, 1.165) is 0 Å². The molecule has 0 atom stereocenters. The van der Waals surface area contributed by atoms with Crippen LogP contribution in [0.4, 0.5) is 0 Å². The van der Waals surface area contributed by atoms with Crippen LogP contribution in [0.3, 0.4) is 0 Å². The van der Waals surface area contributed by atoms with Crippen LogP contribution in [0.1, 0.15) is 41.5 Å². The third-order valence-electron chi connectivity index (χ3n) is 2.11. The first-order chi connectivity index (χ1) is 5.06. The molecule has 0 aliphatic rings. The minimum absolute atomic E-state index is 0.325. The number of nitrogens with zero attached hydrogens (tertiary/aromatic N) is 1. The molecule has 0 aliphatic carbocycles. The van der Waals surface area contributed by atoms with Gasteiger partial charge in [-0.2, -0.15) is 0 Å². The van der Waals surface area contributed by atoms with Crippen molar-refractivity contribution >= 4 is 11.6 Å². The van der Waals surface area contributed by atoms with Crippen molar-refractivity contribution in [1.29, 1.82) is 0 Å². The Labute approximate surface area is 79.7 Å². The summed E-state index contributed by atoms with van der Waals surface area (Å²) in [6.07, 6.45) is 0. The smallest absolute Gasteiger partial charge is 0.149 e. The zero-order valence-corrected chi connectivity index (χ0v) is 9.49. The van der Waals surface area contributed by atoms with E-state index < -0.39 is 5.00 Å². The molecule has 0 unspecified atom stereocenters. The molecule has 3 heteroatoms. The van der Waals surface area contributed by atoms with E-state index in [1.165, 1.54) is 0 Å². The maximum Gasteiger partial charge on any atom is 0.185 e. The van der Waals surface area contributed by atoms with Crippen molar-refractivity contribution in [2.75, 3.05) is 0 Å². The van der Waals surface area contributed by atoms with Gasteiger partial charge in [0.15, 0.2) is 5.00 Å². The minimum Gasteiger partial charge on any atom is -0.149 e. The summed E-state index contributed by atoms with van der Waals surface area (Å²) in [5.74, 6) is 0. The van der Waals surface area contributed by atoms with Gasteiger partial charge in [0.05, 0.1) is 0 Å². The maximum absolute atomic E-state index is 10.7. The molecule has 0 heterocycles. The third-order valence-corrected chi connectivity index (χ3v) is 3.32. The van der Waals surface area contributed by atoms with Gasteiger partial charge < -0.3 is 0 Å². The second-order valence-electron chi connectivity index (χ2n) is 5.21. The lowest BCUT2D eigenvalue weighted by atomic mass is 9.72. The molecular formula is C9H18ClNO. The van der Waals surface area contributed by atoms with Crippen molar-refractivity contribution in [3.05, 3.63) is 4.91 Å². The van der Waals surface area contributed by atoms with Crippen LogP contribution in [-0.2, 0) is 0 Å². The number of alkyl halides is 1. The number of nitroso groups, excluding NO2 is 1. The van der Waals surface area contributed by atoms with E-state index in [9.17, 15) is 4.91 Å². The summed E-state index contributed by atoms with van der Waals surface area (Å²) in [5, 5.41) is 3.08. The van der Waals surface area contributed by atoms with E-state index in [4.69, 9.17) is 11.6 Å². The van der Waals surface area contributed by atoms with Gasteiger partial charge in [-0.15, -0.1) is 4.91 Å². The third kappa shape index (κ3) is 1.79. The molecular weight excluding hydrogens is 174 g/mol. The van der Waals surface area contributed by atoms with Crippen LogP contribution in [0.5, 0.6) is 0 Å². The Morgan fingerprint density at radius 2 is 1.17 bits per heavy atom. The Morgan fingerprint density at radius 3 is 1.17 bits per heavy atom. The molecule has 0 N–H and O–H groups in total. The molecule has 0 rings (SSSR count). The van der Waals surface area contributed by atoms with Crippen LogP contribution in [0, 0.1) is 15.7 Å². The van der Waals surface area contributed by atoms with Crippen LogP contribution in [0.15, 0.2) is 5.18 Å². The van der Waals surface area contributed by atoms with Crippen molar-refractivity contribution in [2.45, 2.75) is 46.5 Å². The molecule has 12 heavy (non-hydrogen) atoms. The zero-order chi connectivity index (χ0) is 10.2. The average molecular weight is 192 g/mol. The molecule has 0 fully saturated rings. The lowest BCUT2D eigenvalue weighted by Gasteiger charge is -2.42. The van der Waals surface area contributed by atoms with Crippen LogP contribution in [0.25, 0.3) is 0 Å². The molecule has 0 spiro atoms. The van der Waals surface area contributed by atoms with Gasteiger partial charge in [-0.1, -0.05) is 53.1 Å². The van der Waals surface area contributed by atoms with Crippen molar-refractivity contribution in [1.82, 2.24) is 0 Å². The second-order valence-corrected chi connectivity index (χ2v) is 5.76. The highest BCUT2D eigenvalue weighted by molar-refractivity contribution is 6.24. The summed E-state index contributed by atoms with van der Waals surface area (Å²) in [6.45, 7) is 11.5. The fourth-order valence-electron chi connectivity index (χ4n) is 1.40. The molecule has 0 aromatic carbocycles. The fraction of sp³-hybridized carbons (Fsp3) is 1.00. The predicted molar refractivity (Wildman–Crippen MR) is 53.3 cm³/mol. The number of hydrogen-bond acceptors (Lipinski definition) is 2. The first-order valence-electron chi connectivity index (χ1n) is 4.10. The molecule has 72 valence electrons. The monoisotopic (exact) mass is 191 g/mol. The fourth-order valence-corrected chi connectivity index (χ4v) is 1.40. The van der Waals surface area contributed by atoms with Crippen molar-refractivity contribution in [2.24, 2.45) is 16.0 Å². The van der Waals surface area contributed by atoms with Gasteiger partial charge in [-0.25, -0.2) is 0 Å². The highest BCUT2D eigenvalue weighted by Crippen LogP contribution is 2.49. The van der Waals surface area contributed by atoms with E-state index in [-0.39, 0.29) is 10.8 Å². The largest absolute Gasteiger partial charge is 0.185 e. The molecule has 0 saturated heterocycles. The lowest BCUT2D eigenvalue weighted by Crippen LogP contribution is -2.46. The van der Waals surface area contributed by atoms with Gasteiger partial charge in [0.1, 0.15) is 0 Å². The predicted octanol–water partition coefficient (Wildman–Crippen LogP) is 3.78. The topological polar surface area (TPSA) is 29.4 Å². The Bertz CT molecular complexity index is 162. The quantitative estimate of drug-likeness (QED) is 0.352. The van der Waals surface area contributed by atoms with Gasteiger partial charge in [0.25, 0.3) is 0 Å². The molecule has 0 aliphatic heterocycles. The molecule has 0 aromatic rings. The Hall–Kier alpha value is -0.110. The summed E-state index contributed by atoms with van der Waals surface area (Å²) in [5.41, 5.74) is -0.650. The minimum atomic E-state index is -1.04. The van der Waals surface area contributed by atoms with E-state index in [0.29, 0.717) is 0 Å². The van der Waals surface area contributed by atoms with Crippen molar-refractivity contribution in [3.8, 4) is 0 Å². The SMILES string of the molecule is CC(C)(C)C(Cl)(N=O)C(C)(C)C. The summed E-state index contributed by atoms with van der Waals surface area (Å²) < 4.78 is 0. The highest BCUT2D eigenvalue weighted by atomic mass is 35.5. The van der Waals surface area contributed by atoms with E-state index in [2.05, 4.69) is 5.18 Å². The van der Waals surface area contributed by atoms with Crippen LogP contribution < -0.4 is 0 Å². The molecule has 0 amide bonds. The lowest BCUT2D eigenvalue weighted by molar-refractivity contribution is 0.140. The van der Waals surface area contributed by atoms with E-state index in [1.807, 2.05) is 41.5 Å². The standard InChI is InChI=1S/C9H18ClNO/c1-7(2,3)9(10,11-12)8(4,5)6/h1-6H3. The maximum atomic E-state index is 10.7. The normalized spacial score (nSPS) is 14.6. The first kappa shape index (κ1) is 11.9. The van der Waals surface area contributed by atoms with Crippen LogP contribution in [0.2, 0.25) is 0 Å². The summed E-state index contributed by atoms with van der Waals surface area (Å²) in [4.78, 5) is 9.70. The Kier molecular flexibility index (Phi) is 2.96. The van der Waals surface area contributed by atoms with Gasteiger partial charge in [-0.05, 0) is 5.18 Å². The van der Waals surface area contributed by atoms with Crippen LogP contribution in [-0.4, -0.2) is 5.00 Å². The zero-order valence-electron chi connectivity index (χ0n) is 8.73. The molecule has 2 nitrogen and oxygen atoms in total. The number of halogens is 1. The summed E-state index contributed by atoms with van der Waals surface area (Å²) in [7, 11) is 0. The van der Waals surface area contributed by atoms with Gasteiger partial charge >= 0.3 is 0 Å². The highest BCUT2D eigenvalue weighted by Gasteiger charge is 2.51. The first-order valence-corrected chi connectivity index (χ1v) is 4.47. The number of hydrogen-bond donors (Lipinski definition) is 0. The van der Waals surface area contributed by atoms with Gasteiger partial charge in [0, 0.05) is 10.8 Å². The Balaban J connectivity index is 5.09. The number of rotatable bonds is 1. The molecule has 0 aromatic heterocycles. The van der Waals surface area contributed by atoms with Gasteiger partial charge in [0.2, 0.25) is 0 Å². The molecule has 0 saturated carbocycles. The van der Waals surface area contributed by atoms with E-state index >= 15 is 0 Å². The average Bonchev–Trinajstić information content (AvgIpc) is 1.81. The summed E-state index contributed by atoms with van der Waals surface area (Å²) >= 11 is 6.20. The van der Waals surface area contributed by atoms with Crippen molar-refractivity contribution in [3.63, 3.8) is 0 Å². The van der Waals surface area contributed by atoms with Crippen molar-refractivity contribution < 1.29 is 0 Å². The Morgan fingerprint density at radius 1 is 0.917 bits per heavy atom.